The third-order valence-electron chi connectivity index (χ3n) is 4.57. The van der Waals surface area contributed by atoms with Gasteiger partial charge in [-0.25, -0.2) is 0 Å². The molecule has 0 fully saturated rings. The van der Waals surface area contributed by atoms with Crippen LogP contribution in [0.3, 0.4) is 0 Å². The van der Waals surface area contributed by atoms with Crippen LogP contribution in [0.15, 0.2) is 4.52 Å². The highest BCUT2D eigenvalue weighted by Crippen LogP contribution is 2.21. The Morgan fingerprint density at radius 3 is 2.45 bits per heavy atom. The minimum absolute atomic E-state index is 0.0103. The number of aryl methyl sites for hydroxylation is 1. The summed E-state index contributed by atoms with van der Waals surface area (Å²) >= 11 is 0. The molecule has 2 unspecified atom stereocenters. The van der Waals surface area contributed by atoms with Crippen molar-refractivity contribution in [3.63, 3.8) is 0 Å². The van der Waals surface area contributed by atoms with Crippen LogP contribution in [0.4, 0.5) is 0 Å². The highest BCUT2D eigenvalue weighted by atomic mass is 16.5. The van der Waals surface area contributed by atoms with E-state index >= 15 is 0 Å². The SMILES string of the molecule is CCc1onc(C(=O)NC(C)C(C)(CC)N(C)C)c1C. The van der Waals surface area contributed by atoms with Gasteiger partial charge in [0.1, 0.15) is 5.76 Å². The molecule has 1 aromatic rings. The van der Waals surface area contributed by atoms with E-state index in [0.717, 1.165) is 24.2 Å². The van der Waals surface area contributed by atoms with Gasteiger partial charge in [-0.15, -0.1) is 0 Å². The minimum Gasteiger partial charge on any atom is -0.360 e. The molecule has 1 rings (SSSR count). The fraction of sp³-hybridized carbons (Fsp3) is 0.733. The zero-order chi connectivity index (χ0) is 15.5. The van der Waals surface area contributed by atoms with Crippen molar-refractivity contribution in [2.45, 2.75) is 59.0 Å². The fourth-order valence-corrected chi connectivity index (χ4v) is 2.34. The summed E-state index contributed by atoms with van der Waals surface area (Å²) in [6.45, 7) is 10.2. The zero-order valence-electron chi connectivity index (χ0n) is 13.7. The molecule has 1 N–H and O–H groups in total. The lowest BCUT2D eigenvalue weighted by Crippen LogP contribution is -2.56. The van der Waals surface area contributed by atoms with Crippen LogP contribution in [0.5, 0.6) is 0 Å². The van der Waals surface area contributed by atoms with Gasteiger partial charge >= 0.3 is 0 Å². The lowest BCUT2D eigenvalue weighted by molar-refractivity contribution is 0.0811. The molecule has 0 spiro atoms. The molecule has 20 heavy (non-hydrogen) atoms. The molecular formula is C15H27N3O2. The van der Waals surface area contributed by atoms with Gasteiger partial charge < -0.3 is 14.7 Å². The van der Waals surface area contributed by atoms with Gasteiger partial charge in [0, 0.05) is 23.6 Å². The molecule has 1 aromatic heterocycles. The highest BCUT2D eigenvalue weighted by Gasteiger charge is 2.33. The first-order valence-electron chi connectivity index (χ1n) is 7.21. The molecule has 5 nitrogen and oxygen atoms in total. The molecule has 2 atom stereocenters. The third-order valence-corrected chi connectivity index (χ3v) is 4.57. The second-order valence-electron chi connectivity index (χ2n) is 5.73. The topological polar surface area (TPSA) is 58.4 Å². The summed E-state index contributed by atoms with van der Waals surface area (Å²) in [5.41, 5.74) is 1.13. The maximum atomic E-state index is 12.3. The zero-order valence-corrected chi connectivity index (χ0v) is 13.7. The molecule has 0 aliphatic rings. The van der Waals surface area contributed by atoms with Crippen LogP contribution in [0, 0.1) is 6.92 Å². The smallest absolute Gasteiger partial charge is 0.274 e. The molecule has 1 amide bonds. The lowest BCUT2D eigenvalue weighted by atomic mass is 9.89. The van der Waals surface area contributed by atoms with Crippen molar-refractivity contribution in [1.82, 2.24) is 15.4 Å². The molecule has 0 saturated carbocycles. The molecule has 5 heteroatoms. The summed E-state index contributed by atoms with van der Waals surface area (Å²) in [6.07, 6.45) is 1.69. The number of rotatable bonds is 6. The standard InChI is InChI=1S/C15H27N3O2/c1-8-12-10(3)13(17-20-12)14(19)16-11(4)15(5,9-2)18(6)7/h11H,8-9H2,1-7H3,(H,16,19). The Hall–Kier alpha value is -1.36. The van der Waals surface area contributed by atoms with Crippen LogP contribution in [0.25, 0.3) is 0 Å². The summed E-state index contributed by atoms with van der Waals surface area (Å²) in [7, 11) is 4.06. The number of hydrogen-bond donors (Lipinski definition) is 1. The van der Waals surface area contributed by atoms with Crippen molar-refractivity contribution in [3.05, 3.63) is 17.0 Å². The van der Waals surface area contributed by atoms with Gasteiger partial charge in [0.15, 0.2) is 5.69 Å². The largest absolute Gasteiger partial charge is 0.360 e. The van der Waals surface area contributed by atoms with Gasteiger partial charge in [0.2, 0.25) is 0 Å². The van der Waals surface area contributed by atoms with Crippen LogP contribution in [0.1, 0.15) is 55.9 Å². The summed E-state index contributed by atoms with van der Waals surface area (Å²) < 4.78 is 5.19. The summed E-state index contributed by atoms with van der Waals surface area (Å²) in [5.74, 6) is 0.605. The molecule has 0 aliphatic carbocycles. The quantitative estimate of drug-likeness (QED) is 0.870. The van der Waals surface area contributed by atoms with Gasteiger partial charge in [0.25, 0.3) is 5.91 Å². The fourth-order valence-electron chi connectivity index (χ4n) is 2.34. The van der Waals surface area contributed by atoms with Crippen molar-refractivity contribution in [1.29, 1.82) is 0 Å². The van der Waals surface area contributed by atoms with Crippen molar-refractivity contribution >= 4 is 5.91 Å². The highest BCUT2D eigenvalue weighted by molar-refractivity contribution is 5.93. The van der Waals surface area contributed by atoms with Crippen LogP contribution in [0.2, 0.25) is 0 Å². The number of carbonyl (C=O) groups excluding carboxylic acids is 1. The minimum atomic E-state index is -0.167. The first-order chi connectivity index (χ1) is 9.27. The van der Waals surface area contributed by atoms with Gasteiger partial charge in [-0.2, -0.15) is 0 Å². The summed E-state index contributed by atoms with van der Waals surface area (Å²) in [6, 6.07) is 0.0103. The molecule has 0 saturated heterocycles. The number of hydrogen-bond acceptors (Lipinski definition) is 4. The second kappa shape index (κ2) is 6.39. The van der Waals surface area contributed by atoms with Gasteiger partial charge in [-0.3, -0.25) is 4.79 Å². The van der Waals surface area contributed by atoms with E-state index in [-0.39, 0.29) is 17.5 Å². The average molecular weight is 281 g/mol. The Balaban J connectivity index is 2.87. The predicted molar refractivity (Wildman–Crippen MR) is 79.9 cm³/mol. The average Bonchev–Trinajstić information content (AvgIpc) is 2.78. The van der Waals surface area contributed by atoms with Crippen LogP contribution in [-0.4, -0.2) is 41.6 Å². The van der Waals surface area contributed by atoms with E-state index in [1.807, 2.05) is 34.9 Å². The van der Waals surface area contributed by atoms with Crippen LogP contribution >= 0.6 is 0 Å². The summed E-state index contributed by atoms with van der Waals surface area (Å²) in [5, 5.41) is 6.94. The van der Waals surface area contributed by atoms with Crippen LogP contribution < -0.4 is 5.32 Å². The van der Waals surface area contributed by atoms with Crippen molar-refractivity contribution in [3.8, 4) is 0 Å². The van der Waals surface area contributed by atoms with E-state index in [0.29, 0.717) is 5.69 Å². The molecule has 0 aromatic carbocycles. The molecule has 0 aliphatic heterocycles. The number of amides is 1. The number of likely N-dealkylation sites (N-methyl/N-ethyl adjacent to an activating group) is 1. The predicted octanol–water partition coefficient (Wildman–Crippen LogP) is 2.39. The number of nitrogens with one attached hydrogen (secondary N) is 1. The van der Waals surface area contributed by atoms with Crippen molar-refractivity contribution < 1.29 is 9.32 Å². The molecule has 0 radical (unpaired) electrons. The van der Waals surface area contributed by atoms with E-state index in [4.69, 9.17) is 4.52 Å². The monoisotopic (exact) mass is 281 g/mol. The summed E-state index contributed by atoms with van der Waals surface area (Å²) in [4.78, 5) is 14.5. The Kier molecular flexibility index (Phi) is 5.34. The maximum absolute atomic E-state index is 12.3. The van der Waals surface area contributed by atoms with E-state index in [2.05, 4.69) is 29.2 Å². The number of aromatic nitrogens is 1. The van der Waals surface area contributed by atoms with E-state index in [9.17, 15) is 4.79 Å². The Morgan fingerprint density at radius 2 is 2.05 bits per heavy atom. The first kappa shape index (κ1) is 16.7. The molecule has 1 heterocycles. The maximum Gasteiger partial charge on any atom is 0.274 e. The van der Waals surface area contributed by atoms with Gasteiger partial charge in [-0.1, -0.05) is 19.0 Å². The lowest BCUT2D eigenvalue weighted by Gasteiger charge is -2.41. The third kappa shape index (κ3) is 3.03. The second-order valence-corrected chi connectivity index (χ2v) is 5.73. The van der Waals surface area contributed by atoms with E-state index in [1.165, 1.54) is 0 Å². The van der Waals surface area contributed by atoms with Crippen LogP contribution in [-0.2, 0) is 6.42 Å². The van der Waals surface area contributed by atoms with Crippen molar-refractivity contribution in [2.75, 3.05) is 14.1 Å². The Morgan fingerprint density at radius 1 is 1.45 bits per heavy atom. The molecule has 0 bridgehead atoms. The molecule has 114 valence electrons. The van der Waals surface area contributed by atoms with E-state index in [1.54, 1.807) is 0 Å². The van der Waals surface area contributed by atoms with Gasteiger partial charge in [-0.05, 0) is 41.3 Å². The first-order valence-corrected chi connectivity index (χ1v) is 7.21. The number of carbonyl (C=O) groups is 1. The van der Waals surface area contributed by atoms with E-state index < -0.39 is 0 Å². The Bertz CT molecular complexity index is 468. The van der Waals surface area contributed by atoms with Gasteiger partial charge in [0.05, 0.1) is 0 Å². The number of nitrogens with zero attached hydrogens (tertiary/aromatic N) is 2. The Labute approximate surface area is 121 Å². The van der Waals surface area contributed by atoms with Crippen molar-refractivity contribution in [2.24, 2.45) is 0 Å². The molecular weight excluding hydrogens is 254 g/mol. The normalized spacial score (nSPS) is 16.0.